The topological polar surface area (TPSA) is 62.4 Å². The highest BCUT2D eigenvalue weighted by Gasteiger charge is 2.06. The van der Waals surface area contributed by atoms with Gasteiger partial charge in [-0.15, -0.1) is 11.3 Å². The third-order valence-electron chi connectivity index (χ3n) is 2.64. The number of nitrogen functional groups attached to an aromatic ring is 1. The molecule has 1 aromatic carbocycles. The number of rotatable bonds is 4. The van der Waals surface area contributed by atoms with Crippen LogP contribution in [0.25, 0.3) is 0 Å². The molecule has 18 heavy (non-hydrogen) atoms. The van der Waals surface area contributed by atoms with Crippen molar-refractivity contribution < 1.29 is 5.11 Å². The fourth-order valence-corrected chi connectivity index (χ4v) is 2.43. The molecule has 0 unspecified atom stereocenters. The number of phenols is 1. The average Bonchev–Trinajstić information content (AvgIpc) is 2.69. The summed E-state index contributed by atoms with van der Waals surface area (Å²) in [5.41, 5.74) is 8.27. The zero-order valence-corrected chi connectivity index (χ0v) is 11.4. The molecule has 0 saturated heterocycles. The number of aromatic nitrogens is 1. The first-order chi connectivity index (χ1) is 8.54. The van der Waals surface area contributed by atoms with E-state index < -0.39 is 0 Å². The van der Waals surface area contributed by atoms with Crippen molar-refractivity contribution in [2.75, 3.05) is 12.8 Å². The van der Waals surface area contributed by atoms with Gasteiger partial charge in [0.1, 0.15) is 5.75 Å². The summed E-state index contributed by atoms with van der Waals surface area (Å²) in [5, 5.41) is 12.5. The highest BCUT2D eigenvalue weighted by molar-refractivity contribution is 7.09. The predicted octanol–water partition coefficient (Wildman–Crippen LogP) is 2.37. The van der Waals surface area contributed by atoms with E-state index in [9.17, 15) is 5.11 Å². The summed E-state index contributed by atoms with van der Waals surface area (Å²) >= 11 is 1.67. The van der Waals surface area contributed by atoms with E-state index in [1.165, 1.54) is 0 Å². The van der Waals surface area contributed by atoms with Crippen LogP contribution in [0.2, 0.25) is 0 Å². The van der Waals surface area contributed by atoms with Crippen molar-refractivity contribution in [1.29, 1.82) is 0 Å². The third-order valence-corrected chi connectivity index (χ3v) is 3.47. The summed E-state index contributed by atoms with van der Waals surface area (Å²) in [7, 11) is 2.04. The lowest BCUT2D eigenvalue weighted by Gasteiger charge is -2.15. The summed E-state index contributed by atoms with van der Waals surface area (Å²) in [6, 6.07) is 5.32. The minimum atomic E-state index is 0.136. The maximum absolute atomic E-state index is 9.37. The molecule has 3 N–H and O–H groups in total. The lowest BCUT2D eigenvalue weighted by molar-refractivity contribution is 0.315. The van der Waals surface area contributed by atoms with E-state index in [1.807, 2.05) is 20.0 Å². The zero-order chi connectivity index (χ0) is 13.1. The van der Waals surface area contributed by atoms with Gasteiger partial charge in [0.15, 0.2) is 0 Å². The van der Waals surface area contributed by atoms with E-state index in [0.29, 0.717) is 5.69 Å². The van der Waals surface area contributed by atoms with Gasteiger partial charge in [0.25, 0.3) is 0 Å². The fraction of sp³-hybridized carbons (Fsp3) is 0.308. The third kappa shape index (κ3) is 3.21. The number of benzene rings is 1. The smallest absolute Gasteiger partial charge is 0.138 e. The first-order valence-corrected chi connectivity index (χ1v) is 6.59. The Kier molecular flexibility index (Phi) is 3.84. The number of aryl methyl sites for hydroxylation is 1. The number of hydrogen-bond acceptors (Lipinski definition) is 5. The first kappa shape index (κ1) is 12.9. The Hall–Kier alpha value is -1.59. The molecule has 5 heteroatoms. The van der Waals surface area contributed by atoms with Crippen molar-refractivity contribution >= 4 is 17.0 Å². The molecule has 0 bridgehead atoms. The van der Waals surface area contributed by atoms with Crippen LogP contribution in [0.3, 0.4) is 0 Å². The largest absolute Gasteiger partial charge is 0.506 e. The van der Waals surface area contributed by atoms with Gasteiger partial charge in [-0.3, -0.25) is 4.90 Å². The van der Waals surface area contributed by atoms with Gasteiger partial charge >= 0.3 is 0 Å². The molecule has 0 radical (unpaired) electrons. The Morgan fingerprint density at radius 1 is 1.39 bits per heavy atom. The van der Waals surface area contributed by atoms with Crippen LogP contribution in [0.4, 0.5) is 5.69 Å². The van der Waals surface area contributed by atoms with Gasteiger partial charge in [-0.25, -0.2) is 4.98 Å². The van der Waals surface area contributed by atoms with E-state index >= 15 is 0 Å². The molecule has 96 valence electrons. The van der Waals surface area contributed by atoms with Crippen LogP contribution in [0.5, 0.6) is 5.75 Å². The van der Waals surface area contributed by atoms with E-state index in [2.05, 4.69) is 15.3 Å². The number of aromatic hydroxyl groups is 1. The Labute approximate surface area is 111 Å². The normalized spacial score (nSPS) is 11.1. The van der Waals surface area contributed by atoms with Crippen molar-refractivity contribution in [3.05, 3.63) is 39.8 Å². The second-order valence-corrected chi connectivity index (χ2v) is 5.49. The average molecular weight is 263 g/mol. The Morgan fingerprint density at radius 3 is 2.78 bits per heavy atom. The van der Waals surface area contributed by atoms with Crippen LogP contribution in [-0.2, 0) is 13.1 Å². The highest BCUT2D eigenvalue weighted by Crippen LogP contribution is 2.21. The molecule has 0 aliphatic carbocycles. The van der Waals surface area contributed by atoms with Gasteiger partial charge in [-0.1, -0.05) is 6.07 Å². The Bertz CT molecular complexity index is 539. The van der Waals surface area contributed by atoms with E-state index in [1.54, 1.807) is 23.5 Å². The summed E-state index contributed by atoms with van der Waals surface area (Å²) in [5.74, 6) is 0.136. The molecule has 0 aliphatic heterocycles. The fourth-order valence-electron chi connectivity index (χ4n) is 1.83. The van der Waals surface area contributed by atoms with E-state index in [4.69, 9.17) is 5.73 Å². The van der Waals surface area contributed by atoms with E-state index in [0.717, 1.165) is 29.4 Å². The van der Waals surface area contributed by atoms with Gasteiger partial charge in [-0.05, 0) is 31.7 Å². The molecule has 2 aromatic rings. The number of thiazole rings is 1. The number of hydrogen-bond donors (Lipinski definition) is 2. The van der Waals surface area contributed by atoms with Gasteiger partial charge < -0.3 is 10.8 Å². The summed E-state index contributed by atoms with van der Waals surface area (Å²) in [6.07, 6.45) is 0. The van der Waals surface area contributed by atoms with Crippen molar-refractivity contribution in [3.8, 4) is 5.75 Å². The molecular formula is C13H17N3OS. The Morgan fingerprint density at radius 2 is 2.17 bits per heavy atom. The van der Waals surface area contributed by atoms with Crippen LogP contribution >= 0.6 is 11.3 Å². The zero-order valence-electron chi connectivity index (χ0n) is 10.6. The molecule has 2 rings (SSSR count). The predicted molar refractivity (Wildman–Crippen MR) is 74.5 cm³/mol. The standard InChI is InChI=1S/C13H17N3OS/c1-9-15-11(8-18-9)7-16(2)6-10-3-4-13(17)12(14)5-10/h3-5,8,17H,6-7,14H2,1-2H3. The van der Waals surface area contributed by atoms with Crippen molar-refractivity contribution in [2.24, 2.45) is 0 Å². The SMILES string of the molecule is Cc1nc(CN(C)Cc2ccc(O)c(N)c2)cs1. The first-order valence-electron chi connectivity index (χ1n) is 5.71. The molecule has 4 nitrogen and oxygen atoms in total. The number of nitrogens with two attached hydrogens (primary N) is 1. The van der Waals surface area contributed by atoms with Gasteiger partial charge in [0, 0.05) is 18.5 Å². The molecule has 0 aliphatic rings. The molecule has 0 spiro atoms. The molecule has 0 fully saturated rings. The second-order valence-electron chi connectivity index (χ2n) is 4.42. The van der Waals surface area contributed by atoms with Crippen LogP contribution in [-0.4, -0.2) is 22.0 Å². The molecule has 0 atom stereocenters. The summed E-state index contributed by atoms with van der Waals surface area (Å²) < 4.78 is 0. The van der Waals surface area contributed by atoms with Gasteiger partial charge in [0.05, 0.1) is 16.4 Å². The summed E-state index contributed by atoms with van der Waals surface area (Å²) in [6.45, 7) is 3.60. The van der Waals surface area contributed by atoms with Crippen LogP contribution in [0.1, 0.15) is 16.3 Å². The highest BCUT2D eigenvalue weighted by atomic mass is 32.1. The molecule has 1 aromatic heterocycles. The van der Waals surface area contributed by atoms with E-state index in [-0.39, 0.29) is 5.75 Å². The lowest BCUT2D eigenvalue weighted by Crippen LogP contribution is -2.17. The number of anilines is 1. The quantitative estimate of drug-likeness (QED) is 0.656. The number of phenolic OH excluding ortho intramolecular Hbond substituents is 1. The second kappa shape index (κ2) is 5.37. The summed E-state index contributed by atoms with van der Waals surface area (Å²) in [4.78, 5) is 6.60. The van der Waals surface area contributed by atoms with Crippen LogP contribution in [0.15, 0.2) is 23.6 Å². The van der Waals surface area contributed by atoms with Crippen molar-refractivity contribution in [2.45, 2.75) is 20.0 Å². The van der Waals surface area contributed by atoms with Crippen LogP contribution in [0, 0.1) is 6.92 Å². The molecular weight excluding hydrogens is 246 g/mol. The maximum Gasteiger partial charge on any atom is 0.138 e. The monoisotopic (exact) mass is 263 g/mol. The minimum Gasteiger partial charge on any atom is -0.506 e. The van der Waals surface area contributed by atoms with Gasteiger partial charge in [-0.2, -0.15) is 0 Å². The van der Waals surface area contributed by atoms with Crippen molar-refractivity contribution in [3.63, 3.8) is 0 Å². The van der Waals surface area contributed by atoms with Gasteiger partial charge in [0.2, 0.25) is 0 Å². The molecule has 1 heterocycles. The van der Waals surface area contributed by atoms with Crippen LogP contribution < -0.4 is 5.73 Å². The molecule has 0 amide bonds. The maximum atomic E-state index is 9.37. The minimum absolute atomic E-state index is 0.136. The number of nitrogens with zero attached hydrogens (tertiary/aromatic N) is 2. The molecule has 0 saturated carbocycles. The lowest BCUT2D eigenvalue weighted by atomic mass is 10.2. The van der Waals surface area contributed by atoms with Crippen molar-refractivity contribution in [1.82, 2.24) is 9.88 Å². The Balaban J connectivity index is 1.98.